The van der Waals surface area contributed by atoms with Crippen LogP contribution in [0.4, 0.5) is 0 Å². The summed E-state index contributed by atoms with van der Waals surface area (Å²) in [6, 6.07) is 8.85. The van der Waals surface area contributed by atoms with E-state index >= 15 is 0 Å². The van der Waals surface area contributed by atoms with Crippen LogP contribution in [-0.4, -0.2) is 28.2 Å². The van der Waals surface area contributed by atoms with E-state index < -0.39 is 0 Å². The van der Waals surface area contributed by atoms with Gasteiger partial charge in [0, 0.05) is 17.4 Å². The SMILES string of the molecule is O=C(NCc1ccc(CN2CCCC2)cc1)C12CC3CC(CC(Br)(C3)C1)C2. The number of nitrogens with one attached hydrogen (secondary N) is 1. The average molecular weight is 431 g/mol. The van der Waals surface area contributed by atoms with Crippen molar-refractivity contribution in [3.8, 4) is 0 Å². The van der Waals surface area contributed by atoms with Gasteiger partial charge in [-0.15, -0.1) is 0 Å². The fourth-order valence-electron chi connectivity index (χ4n) is 6.75. The Kier molecular flexibility index (Phi) is 4.63. The summed E-state index contributed by atoms with van der Waals surface area (Å²) in [6.45, 7) is 4.19. The molecule has 5 fully saturated rings. The van der Waals surface area contributed by atoms with Crippen molar-refractivity contribution in [1.82, 2.24) is 10.2 Å². The number of hydrogen-bond acceptors (Lipinski definition) is 2. The zero-order valence-corrected chi connectivity index (χ0v) is 17.8. The third-order valence-electron chi connectivity index (χ3n) is 7.55. The first-order valence-electron chi connectivity index (χ1n) is 10.8. The minimum absolute atomic E-state index is 0.108. The lowest BCUT2D eigenvalue weighted by Gasteiger charge is -2.59. The molecule has 0 aromatic heterocycles. The summed E-state index contributed by atoms with van der Waals surface area (Å²) in [6.07, 6.45) is 9.82. The highest BCUT2D eigenvalue weighted by Crippen LogP contribution is 2.64. The standard InChI is InChI=1S/C23H31BrN2O/c24-23-12-19-9-20(13-23)11-22(10-19,16-23)21(27)25-14-17-3-5-18(6-4-17)15-26-7-1-2-8-26/h3-6,19-20H,1-2,7-16H2,(H,25,27). The molecule has 1 heterocycles. The molecule has 4 aliphatic carbocycles. The van der Waals surface area contributed by atoms with E-state index in [-0.39, 0.29) is 9.74 Å². The molecule has 5 aliphatic rings. The lowest BCUT2D eigenvalue weighted by atomic mass is 9.49. The van der Waals surface area contributed by atoms with E-state index in [2.05, 4.69) is 50.4 Å². The van der Waals surface area contributed by atoms with Crippen molar-refractivity contribution in [3.63, 3.8) is 0 Å². The molecule has 3 nitrogen and oxygen atoms in total. The number of nitrogens with zero attached hydrogens (tertiary/aromatic N) is 1. The Balaban J connectivity index is 1.19. The molecule has 1 aromatic rings. The quantitative estimate of drug-likeness (QED) is 0.690. The second-order valence-corrected chi connectivity index (χ2v) is 11.6. The summed E-state index contributed by atoms with van der Waals surface area (Å²) < 4.78 is 0.242. The van der Waals surface area contributed by atoms with Gasteiger partial charge in [0.05, 0.1) is 5.41 Å². The van der Waals surface area contributed by atoms with Crippen LogP contribution in [0, 0.1) is 17.3 Å². The summed E-state index contributed by atoms with van der Waals surface area (Å²) >= 11 is 4.02. The fraction of sp³-hybridized carbons (Fsp3) is 0.696. The minimum Gasteiger partial charge on any atom is -0.352 e. The second kappa shape index (κ2) is 6.88. The fourth-order valence-corrected chi connectivity index (χ4v) is 8.20. The van der Waals surface area contributed by atoms with Crippen molar-refractivity contribution in [2.24, 2.45) is 17.3 Å². The molecule has 0 spiro atoms. The molecular weight excluding hydrogens is 400 g/mol. The lowest BCUT2D eigenvalue weighted by Crippen LogP contribution is -2.58. The predicted molar refractivity (Wildman–Crippen MR) is 112 cm³/mol. The molecule has 4 saturated carbocycles. The number of carbonyl (C=O) groups is 1. The maximum absolute atomic E-state index is 13.2. The average Bonchev–Trinajstić information content (AvgIpc) is 3.12. The molecule has 1 aromatic carbocycles. The van der Waals surface area contributed by atoms with Crippen molar-refractivity contribution in [3.05, 3.63) is 35.4 Å². The Hall–Kier alpha value is -0.870. The summed E-state index contributed by atoms with van der Waals surface area (Å²) in [5.41, 5.74) is 2.49. The molecule has 1 N–H and O–H groups in total. The third-order valence-corrected chi connectivity index (χ3v) is 8.48. The van der Waals surface area contributed by atoms with Gasteiger partial charge < -0.3 is 5.32 Å². The Bertz CT molecular complexity index is 696. The van der Waals surface area contributed by atoms with Gasteiger partial charge in [0.1, 0.15) is 0 Å². The summed E-state index contributed by atoms with van der Waals surface area (Å²) in [7, 11) is 0. The molecule has 6 rings (SSSR count). The molecular formula is C23H31BrN2O. The van der Waals surface area contributed by atoms with E-state index in [9.17, 15) is 4.79 Å². The highest BCUT2D eigenvalue weighted by Gasteiger charge is 2.59. The molecule has 0 radical (unpaired) electrons. The van der Waals surface area contributed by atoms with Gasteiger partial charge in [0.25, 0.3) is 0 Å². The third kappa shape index (κ3) is 3.60. The van der Waals surface area contributed by atoms with Gasteiger partial charge >= 0.3 is 0 Å². The maximum atomic E-state index is 13.2. The maximum Gasteiger partial charge on any atom is 0.226 e. The first-order valence-corrected chi connectivity index (χ1v) is 11.6. The Morgan fingerprint density at radius 1 is 1.04 bits per heavy atom. The monoisotopic (exact) mass is 430 g/mol. The first kappa shape index (κ1) is 18.2. The largest absolute Gasteiger partial charge is 0.352 e. The summed E-state index contributed by atoms with van der Waals surface area (Å²) in [5.74, 6) is 1.81. The van der Waals surface area contributed by atoms with E-state index in [0.717, 1.165) is 37.6 Å². The van der Waals surface area contributed by atoms with Crippen molar-refractivity contribution in [2.45, 2.75) is 68.8 Å². The van der Waals surface area contributed by atoms with Gasteiger partial charge in [-0.05, 0) is 87.4 Å². The van der Waals surface area contributed by atoms with Crippen molar-refractivity contribution < 1.29 is 4.79 Å². The number of hydrogen-bond donors (Lipinski definition) is 1. The van der Waals surface area contributed by atoms with Crippen LogP contribution in [-0.2, 0) is 17.9 Å². The number of benzene rings is 1. The van der Waals surface area contributed by atoms with Gasteiger partial charge in [-0.25, -0.2) is 0 Å². The minimum atomic E-state index is -0.108. The first-order chi connectivity index (χ1) is 13.0. The lowest BCUT2D eigenvalue weighted by molar-refractivity contribution is -0.144. The molecule has 4 heteroatoms. The van der Waals surface area contributed by atoms with Gasteiger partial charge in [-0.2, -0.15) is 0 Å². The molecule has 1 saturated heterocycles. The molecule has 1 amide bonds. The predicted octanol–water partition coefficient (Wildman–Crippen LogP) is 4.63. The highest BCUT2D eigenvalue weighted by molar-refractivity contribution is 9.10. The second-order valence-electron chi connectivity index (χ2n) is 9.87. The van der Waals surface area contributed by atoms with E-state index in [1.165, 1.54) is 56.3 Å². The van der Waals surface area contributed by atoms with E-state index in [1.54, 1.807) is 0 Å². The zero-order valence-electron chi connectivity index (χ0n) is 16.2. The van der Waals surface area contributed by atoms with Crippen molar-refractivity contribution in [2.75, 3.05) is 13.1 Å². The van der Waals surface area contributed by atoms with Gasteiger partial charge in [-0.3, -0.25) is 9.69 Å². The Morgan fingerprint density at radius 2 is 1.67 bits per heavy atom. The summed E-state index contributed by atoms with van der Waals surface area (Å²) in [5, 5.41) is 3.30. The number of amides is 1. The van der Waals surface area contributed by atoms with E-state index in [1.807, 2.05) is 0 Å². The molecule has 2 atom stereocenters. The van der Waals surface area contributed by atoms with Crippen LogP contribution in [0.15, 0.2) is 24.3 Å². The number of alkyl halides is 1. The van der Waals surface area contributed by atoms with Crippen LogP contribution in [0.5, 0.6) is 0 Å². The molecule has 146 valence electrons. The number of rotatable bonds is 5. The smallest absolute Gasteiger partial charge is 0.226 e. The van der Waals surface area contributed by atoms with Crippen LogP contribution >= 0.6 is 15.9 Å². The summed E-state index contributed by atoms with van der Waals surface area (Å²) in [4.78, 5) is 15.7. The number of carbonyl (C=O) groups excluding carboxylic acids is 1. The van der Waals surface area contributed by atoms with Gasteiger partial charge in [-0.1, -0.05) is 40.2 Å². The van der Waals surface area contributed by atoms with Gasteiger partial charge in [0.15, 0.2) is 0 Å². The van der Waals surface area contributed by atoms with Crippen molar-refractivity contribution >= 4 is 21.8 Å². The van der Waals surface area contributed by atoms with Crippen LogP contribution in [0.25, 0.3) is 0 Å². The van der Waals surface area contributed by atoms with E-state index in [0.29, 0.717) is 12.5 Å². The molecule has 27 heavy (non-hydrogen) atoms. The highest BCUT2D eigenvalue weighted by atomic mass is 79.9. The molecule has 2 unspecified atom stereocenters. The van der Waals surface area contributed by atoms with E-state index in [4.69, 9.17) is 0 Å². The normalized spacial score (nSPS) is 37.7. The number of likely N-dealkylation sites (tertiary alicyclic amines) is 1. The van der Waals surface area contributed by atoms with Crippen LogP contribution in [0.1, 0.15) is 62.5 Å². The Morgan fingerprint density at radius 3 is 2.30 bits per heavy atom. The van der Waals surface area contributed by atoms with Crippen LogP contribution in [0.3, 0.4) is 0 Å². The molecule has 4 bridgehead atoms. The molecule has 1 aliphatic heterocycles. The van der Waals surface area contributed by atoms with Crippen LogP contribution < -0.4 is 5.32 Å². The van der Waals surface area contributed by atoms with Crippen molar-refractivity contribution in [1.29, 1.82) is 0 Å². The zero-order chi connectivity index (χ0) is 18.5. The van der Waals surface area contributed by atoms with Gasteiger partial charge in [0.2, 0.25) is 5.91 Å². The number of halogens is 1. The van der Waals surface area contributed by atoms with Crippen LogP contribution in [0.2, 0.25) is 0 Å². The topological polar surface area (TPSA) is 32.3 Å². The Labute approximate surface area is 171 Å².